The van der Waals surface area contributed by atoms with E-state index in [1.165, 1.54) is 11.8 Å². The number of aromatic nitrogens is 4. The van der Waals surface area contributed by atoms with Gasteiger partial charge in [0.05, 0.1) is 29.6 Å². The van der Waals surface area contributed by atoms with Crippen LogP contribution in [0.2, 0.25) is 0 Å². The monoisotopic (exact) mass is 879 g/mol. The molecule has 17 heteroatoms. The van der Waals surface area contributed by atoms with Crippen molar-refractivity contribution in [3.63, 3.8) is 0 Å². The lowest BCUT2D eigenvalue weighted by Gasteiger charge is -2.56. The second kappa shape index (κ2) is 16.4. The molecule has 3 aromatic carbocycles. The van der Waals surface area contributed by atoms with E-state index < -0.39 is 35.5 Å². The van der Waals surface area contributed by atoms with Gasteiger partial charge in [-0.2, -0.15) is 0 Å². The summed E-state index contributed by atoms with van der Waals surface area (Å²) in [4.78, 5) is 85.0. The first-order chi connectivity index (χ1) is 31.6. The molecule has 2 aromatic heterocycles. The number of hydrogen-bond donors (Lipinski definition) is 3. The molecule has 4 aliphatic heterocycles. The summed E-state index contributed by atoms with van der Waals surface area (Å²) in [6.07, 6.45) is 9.58. The number of benzene rings is 3. The Labute approximate surface area is 374 Å². The minimum absolute atomic E-state index is 0.0266. The number of anilines is 4. The second-order valence-corrected chi connectivity index (χ2v) is 18.6. The number of rotatable bonds is 10. The summed E-state index contributed by atoms with van der Waals surface area (Å²) in [7, 11) is 0. The van der Waals surface area contributed by atoms with Crippen molar-refractivity contribution >= 4 is 63.6 Å². The Bertz CT molecular complexity index is 2700. The topological polar surface area (TPSA) is 178 Å². The molecule has 1 spiro atoms. The maximum Gasteiger partial charge on any atom is 0.262 e. The third-order valence-corrected chi connectivity index (χ3v) is 14.8. The average Bonchev–Trinajstić information content (AvgIpc) is 3.82. The van der Waals surface area contributed by atoms with Crippen molar-refractivity contribution in [1.29, 1.82) is 0 Å². The molecule has 16 nitrogen and oxygen atoms in total. The lowest BCUT2D eigenvalue weighted by molar-refractivity contribution is -0.136. The fourth-order valence-corrected chi connectivity index (χ4v) is 11.0. The van der Waals surface area contributed by atoms with Crippen LogP contribution in [0.1, 0.15) is 83.7 Å². The number of imidazole rings is 1. The molecule has 6 heterocycles. The van der Waals surface area contributed by atoms with Crippen LogP contribution in [0.3, 0.4) is 0 Å². The second-order valence-electron chi connectivity index (χ2n) is 18.6. The van der Waals surface area contributed by atoms with Crippen LogP contribution in [0.25, 0.3) is 11.2 Å². The maximum absolute atomic E-state index is 15.6. The van der Waals surface area contributed by atoms with Gasteiger partial charge < -0.3 is 25.0 Å². The number of hydrogen-bond acceptors (Lipinski definition) is 12. The molecule has 2 saturated carbocycles. The van der Waals surface area contributed by atoms with Crippen LogP contribution in [0.5, 0.6) is 0 Å². The molecular weight excluding hydrogens is 830 g/mol. The van der Waals surface area contributed by atoms with Crippen molar-refractivity contribution < 1.29 is 28.4 Å². The minimum Gasteiger partial charge on any atom is -0.369 e. The predicted molar refractivity (Wildman–Crippen MR) is 239 cm³/mol. The smallest absolute Gasteiger partial charge is 0.262 e. The van der Waals surface area contributed by atoms with Crippen LogP contribution >= 0.6 is 0 Å². The molecule has 6 aliphatic rings. The van der Waals surface area contributed by atoms with Crippen LogP contribution in [-0.2, 0) is 20.8 Å². The minimum atomic E-state index is -1.09. The standard InChI is InChI=1S/C48H50FN11O5/c49-37-23-35-36(47(65)60(46(35)64)38-10-11-40(61)55-45(38)63)24-39(37)58-14-12-48(13-15-58)25-34(26-48)57-18-16-56(17-19-57)32-8-6-30(7-9-32)54-43-42-44(51-27-50-43)59(28-52-42)33-21-31(22-33)53-41(62)20-29-4-2-1-3-5-29/h1-9,23-24,27-28,31,33-34,38H,10-22,25-26H2,(H,53,62)(H,50,51,54)(H,55,61,63). The summed E-state index contributed by atoms with van der Waals surface area (Å²) in [5, 5.41) is 8.81. The molecule has 3 saturated heterocycles. The summed E-state index contributed by atoms with van der Waals surface area (Å²) < 4.78 is 17.7. The van der Waals surface area contributed by atoms with E-state index in [0.717, 1.165) is 92.6 Å². The molecule has 1 atom stereocenters. The summed E-state index contributed by atoms with van der Waals surface area (Å²) in [5.41, 5.74) is 5.15. The molecule has 0 bridgehead atoms. The van der Waals surface area contributed by atoms with Crippen molar-refractivity contribution in [1.82, 2.24) is 40.0 Å². The van der Waals surface area contributed by atoms with Gasteiger partial charge in [-0.3, -0.25) is 39.1 Å². The van der Waals surface area contributed by atoms with Crippen LogP contribution in [0.4, 0.5) is 27.3 Å². The van der Waals surface area contributed by atoms with Crippen LogP contribution < -0.4 is 25.8 Å². The van der Waals surface area contributed by atoms with Crippen molar-refractivity contribution in [3.8, 4) is 0 Å². The number of halogens is 1. The summed E-state index contributed by atoms with van der Waals surface area (Å²) >= 11 is 0. The van der Waals surface area contributed by atoms with Crippen molar-refractivity contribution in [2.75, 3.05) is 54.4 Å². The van der Waals surface area contributed by atoms with Gasteiger partial charge in [0.2, 0.25) is 17.7 Å². The van der Waals surface area contributed by atoms with Crippen LogP contribution in [-0.4, -0.2) is 116 Å². The first-order valence-corrected chi connectivity index (χ1v) is 22.7. The summed E-state index contributed by atoms with van der Waals surface area (Å²) in [6.45, 7) is 5.16. The zero-order valence-corrected chi connectivity index (χ0v) is 35.9. The average molecular weight is 880 g/mol. The van der Waals surface area contributed by atoms with Gasteiger partial charge in [-0.1, -0.05) is 30.3 Å². The van der Waals surface area contributed by atoms with E-state index in [4.69, 9.17) is 0 Å². The quantitative estimate of drug-likeness (QED) is 0.165. The van der Waals surface area contributed by atoms with E-state index in [2.05, 4.69) is 69.5 Å². The Morgan fingerprint density at radius 2 is 1.54 bits per heavy atom. The molecule has 334 valence electrons. The lowest BCUT2D eigenvalue weighted by atomic mass is 9.60. The third-order valence-electron chi connectivity index (χ3n) is 14.8. The van der Waals surface area contributed by atoms with Gasteiger partial charge in [0, 0.05) is 75.2 Å². The van der Waals surface area contributed by atoms with Crippen molar-refractivity contribution in [2.24, 2.45) is 5.41 Å². The fraction of sp³-hybridized carbons (Fsp3) is 0.417. The molecular formula is C48H50FN11O5. The number of nitrogens with zero attached hydrogens (tertiary/aromatic N) is 8. The Balaban J connectivity index is 0.640. The molecule has 5 fully saturated rings. The Hall–Kier alpha value is -6.75. The number of piperazine rings is 1. The predicted octanol–water partition coefficient (Wildman–Crippen LogP) is 4.74. The van der Waals surface area contributed by atoms with Gasteiger partial charge in [-0.15, -0.1) is 0 Å². The Morgan fingerprint density at radius 3 is 2.26 bits per heavy atom. The van der Waals surface area contributed by atoms with Crippen molar-refractivity contribution in [3.05, 3.63) is 102 Å². The van der Waals surface area contributed by atoms with Crippen molar-refractivity contribution in [2.45, 2.75) is 82.0 Å². The van der Waals surface area contributed by atoms with Gasteiger partial charge in [0.1, 0.15) is 18.2 Å². The van der Waals surface area contributed by atoms with E-state index >= 15 is 4.39 Å². The first kappa shape index (κ1) is 41.0. The highest BCUT2D eigenvalue weighted by atomic mass is 19.1. The zero-order valence-electron chi connectivity index (χ0n) is 35.9. The summed E-state index contributed by atoms with van der Waals surface area (Å²) in [5.74, 6) is -2.33. The number of imide groups is 2. The molecule has 65 heavy (non-hydrogen) atoms. The van der Waals surface area contributed by atoms with E-state index in [1.54, 1.807) is 6.33 Å². The van der Waals surface area contributed by atoms with Gasteiger partial charge in [0.15, 0.2) is 17.0 Å². The molecule has 2 aliphatic carbocycles. The van der Waals surface area contributed by atoms with Gasteiger partial charge in [-0.25, -0.2) is 19.3 Å². The highest BCUT2D eigenvalue weighted by Crippen LogP contribution is 2.52. The number of amides is 5. The van der Waals surface area contributed by atoms with Crippen LogP contribution in [0, 0.1) is 11.2 Å². The number of carbonyl (C=O) groups is 5. The summed E-state index contributed by atoms with van der Waals surface area (Å²) in [6, 6.07) is 20.6. The maximum atomic E-state index is 15.6. The lowest BCUT2D eigenvalue weighted by Crippen LogP contribution is -2.59. The van der Waals surface area contributed by atoms with E-state index in [-0.39, 0.29) is 47.4 Å². The Kier molecular flexibility index (Phi) is 10.3. The van der Waals surface area contributed by atoms with Gasteiger partial charge in [0.25, 0.3) is 11.8 Å². The first-order valence-electron chi connectivity index (χ1n) is 22.7. The third kappa shape index (κ3) is 7.64. The highest BCUT2D eigenvalue weighted by molar-refractivity contribution is 6.23. The van der Waals surface area contributed by atoms with Crippen LogP contribution in [0.15, 0.2) is 79.4 Å². The molecule has 1 unspecified atom stereocenters. The fourth-order valence-electron chi connectivity index (χ4n) is 11.0. The molecule has 0 radical (unpaired) electrons. The zero-order chi connectivity index (χ0) is 44.4. The SMILES string of the molecule is O=C1CCC(N2C(=O)c3cc(F)c(N4CCC5(CC4)CC(N4CCN(c6ccc(Nc7ncnc8c7ncn8C7CC(NC(=O)Cc8ccccc8)C7)cc6)CC4)C5)cc3C2=O)C(=O)N1. The molecule has 3 N–H and O–H groups in total. The molecule has 5 amide bonds. The number of nitrogens with one attached hydrogen (secondary N) is 3. The van der Waals surface area contributed by atoms with Gasteiger partial charge >= 0.3 is 0 Å². The molecule has 5 aromatic rings. The largest absolute Gasteiger partial charge is 0.369 e. The molecule has 11 rings (SSSR count). The number of piperidine rings is 2. The number of carbonyl (C=O) groups excluding carboxylic acids is 5. The normalized spacial score (nSPS) is 23.3. The van der Waals surface area contributed by atoms with E-state index in [0.29, 0.717) is 42.6 Å². The highest BCUT2D eigenvalue weighted by Gasteiger charge is 2.49. The van der Waals surface area contributed by atoms with Gasteiger partial charge in [-0.05, 0) is 92.3 Å². The Morgan fingerprint density at radius 1 is 0.815 bits per heavy atom. The van der Waals surface area contributed by atoms with E-state index in [9.17, 15) is 24.0 Å². The number of fused-ring (bicyclic) bond motifs is 2. The van der Waals surface area contributed by atoms with E-state index in [1.807, 2.05) is 41.6 Å².